The largest absolute Gasteiger partial charge is 0.344 e. The number of benzene rings is 3. The lowest BCUT2D eigenvalue weighted by Gasteiger charge is -2.26. The third-order valence-corrected chi connectivity index (χ3v) is 7.05. The topological polar surface area (TPSA) is 52.7 Å². The molecule has 162 valence electrons. The van der Waals surface area contributed by atoms with E-state index in [1.165, 1.54) is 24.0 Å². The zero-order chi connectivity index (χ0) is 22.3. The molecule has 0 aliphatic heterocycles. The predicted octanol–water partition coefficient (Wildman–Crippen LogP) is 4.38. The van der Waals surface area contributed by atoms with E-state index in [0.717, 1.165) is 18.5 Å². The molecular weight excluding hydrogens is 426 g/mol. The first-order valence-corrected chi connectivity index (χ1v) is 11.9. The maximum atomic E-state index is 12.5. The molecule has 0 unspecified atom stereocenters. The summed E-state index contributed by atoms with van der Waals surface area (Å²) in [5.74, 6) is 0. The Kier molecular flexibility index (Phi) is 7.79. The highest BCUT2D eigenvalue weighted by molar-refractivity contribution is 7.89. The van der Waals surface area contributed by atoms with Crippen molar-refractivity contribution >= 4 is 33.0 Å². The monoisotopic (exact) mass is 453 g/mol. The fourth-order valence-corrected chi connectivity index (χ4v) is 4.33. The van der Waals surface area contributed by atoms with Crippen molar-refractivity contribution in [1.29, 1.82) is 0 Å². The Bertz CT molecular complexity index is 1100. The summed E-state index contributed by atoms with van der Waals surface area (Å²) in [6.45, 7) is 1.40. The lowest BCUT2D eigenvalue weighted by molar-refractivity contribution is 0.423. The molecule has 0 aromatic heterocycles. The molecule has 0 heterocycles. The number of hydrogen-bond donors (Lipinski definition) is 1. The number of hydrogen-bond acceptors (Lipinski definition) is 3. The number of sulfonamides is 1. The van der Waals surface area contributed by atoms with E-state index >= 15 is 0 Å². The summed E-state index contributed by atoms with van der Waals surface area (Å²) < 4.78 is 26.1. The van der Waals surface area contributed by atoms with Crippen LogP contribution in [0.2, 0.25) is 0 Å². The summed E-state index contributed by atoms with van der Waals surface area (Å²) in [7, 11) is -0.476. The number of nitrogens with zero attached hydrogens (tertiary/aromatic N) is 2. The smallest absolute Gasteiger partial charge is 0.242 e. The van der Waals surface area contributed by atoms with E-state index in [0.29, 0.717) is 17.3 Å². The Morgan fingerprint density at radius 2 is 1.48 bits per heavy atom. The van der Waals surface area contributed by atoms with E-state index in [4.69, 9.17) is 12.2 Å². The molecule has 0 spiro atoms. The third-order valence-electron chi connectivity index (χ3n) is 4.88. The van der Waals surface area contributed by atoms with Crippen LogP contribution in [-0.4, -0.2) is 43.4 Å². The van der Waals surface area contributed by atoms with Crippen LogP contribution in [0.5, 0.6) is 0 Å². The Labute approximate surface area is 190 Å². The molecule has 0 saturated carbocycles. The second kappa shape index (κ2) is 10.5. The Morgan fingerprint density at radius 1 is 0.871 bits per heavy atom. The summed E-state index contributed by atoms with van der Waals surface area (Å²) >= 11 is 5.72. The average Bonchev–Trinajstić information content (AvgIpc) is 2.78. The zero-order valence-electron chi connectivity index (χ0n) is 17.7. The van der Waals surface area contributed by atoms with Crippen molar-refractivity contribution in [3.8, 4) is 0 Å². The highest BCUT2D eigenvalue weighted by atomic mass is 32.2. The van der Waals surface area contributed by atoms with E-state index in [9.17, 15) is 8.42 Å². The Balaban J connectivity index is 1.77. The van der Waals surface area contributed by atoms with Crippen molar-refractivity contribution < 1.29 is 8.42 Å². The summed E-state index contributed by atoms with van der Waals surface area (Å²) in [5.41, 5.74) is 3.04. The van der Waals surface area contributed by atoms with Gasteiger partial charge in [0.2, 0.25) is 10.0 Å². The lowest BCUT2D eigenvalue weighted by Crippen LogP contribution is -2.36. The molecule has 0 aliphatic rings. The maximum absolute atomic E-state index is 12.5. The van der Waals surface area contributed by atoms with Crippen LogP contribution >= 0.6 is 12.2 Å². The van der Waals surface area contributed by atoms with E-state index < -0.39 is 10.0 Å². The molecule has 0 saturated heterocycles. The van der Waals surface area contributed by atoms with Gasteiger partial charge in [-0.1, -0.05) is 66.7 Å². The molecule has 3 aromatic rings. The number of anilines is 1. The fourth-order valence-electron chi connectivity index (χ4n) is 3.11. The van der Waals surface area contributed by atoms with Crippen LogP contribution in [0, 0.1) is 0 Å². The molecule has 5 nitrogen and oxygen atoms in total. The van der Waals surface area contributed by atoms with Gasteiger partial charge in [0.05, 0.1) is 4.90 Å². The molecular formula is C24H27N3O2S2. The predicted molar refractivity (Wildman–Crippen MR) is 131 cm³/mol. The molecule has 3 aromatic carbocycles. The van der Waals surface area contributed by atoms with Crippen LogP contribution in [0.1, 0.15) is 11.1 Å². The highest BCUT2D eigenvalue weighted by Gasteiger charge is 2.18. The maximum Gasteiger partial charge on any atom is 0.242 e. The standard InChI is InChI=1S/C24H27N3O2S2/c1-26(2)31(28,29)23-15-9-14-22(18-23)25-24(30)27(19-21-12-7-4-8-13-21)17-16-20-10-5-3-6-11-20/h3-15,18H,16-17,19H2,1-2H3,(H,25,30). The molecule has 7 heteroatoms. The zero-order valence-corrected chi connectivity index (χ0v) is 19.4. The first kappa shape index (κ1) is 22.9. The Morgan fingerprint density at radius 3 is 2.10 bits per heavy atom. The summed E-state index contributed by atoms with van der Waals surface area (Å²) in [4.78, 5) is 2.33. The molecule has 31 heavy (non-hydrogen) atoms. The van der Waals surface area contributed by atoms with Crippen molar-refractivity contribution in [1.82, 2.24) is 9.21 Å². The molecule has 0 atom stereocenters. The van der Waals surface area contributed by atoms with Gasteiger partial charge >= 0.3 is 0 Å². The van der Waals surface area contributed by atoms with Gasteiger partial charge < -0.3 is 10.2 Å². The van der Waals surface area contributed by atoms with Gasteiger partial charge in [0.1, 0.15) is 0 Å². The van der Waals surface area contributed by atoms with Crippen molar-refractivity contribution in [3.63, 3.8) is 0 Å². The second-order valence-corrected chi connectivity index (χ2v) is 9.93. The summed E-state index contributed by atoms with van der Waals surface area (Å²) in [5, 5.41) is 3.78. The quantitative estimate of drug-likeness (QED) is 0.513. The van der Waals surface area contributed by atoms with Crippen molar-refractivity contribution in [3.05, 3.63) is 96.1 Å². The van der Waals surface area contributed by atoms with Gasteiger partial charge in [-0.25, -0.2) is 12.7 Å². The van der Waals surface area contributed by atoms with Crippen LogP contribution in [0.15, 0.2) is 89.8 Å². The van der Waals surface area contributed by atoms with Crippen LogP contribution in [0.3, 0.4) is 0 Å². The van der Waals surface area contributed by atoms with Crippen LogP contribution in [-0.2, 0) is 23.0 Å². The second-order valence-electron chi connectivity index (χ2n) is 7.39. The molecule has 0 radical (unpaired) electrons. The molecule has 0 aliphatic carbocycles. The van der Waals surface area contributed by atoms with E-state index in [1.807, 2.05) is 42.5 Å². The number of thiocarbonyl (C=S) groups is 1. The number of nitrogens with one attached hydrogen (secondary N) is 1. The molecule has 0 fully saturated rings. The van der Waals surface area contributed by atoms with Gasteiger partial charge in [0.25, 0.3) is 0 Å². The van der Waals surface area contributed by atoms with Crippen LogP contribution in [0.25, 0.3) is 0 Å². The van der Waals surface area contributed by atoms with Crippen LogP contribution in [0.4, 0.5) is 5.69 Å². The van der Waals surface area contributed by atoms with E-state index in [1.54, 1.807) is 18.2 Å². The van der Waals surface area contributed by atoms with Gasteiger partial charge in [-0.3, -0.25) is 0 Å². The highest BCUT2D eigenvalue weighted by Crippen LogP contribution is 2.19. The third kappa shape index (κ3) is 6.37. The van der Waals surface area contributed by atoms with Gasteiger partial charge in [0, 0.05) is 32.9 Å². The minimum atomic E-state index is -3.51. The molecule has 3 rings (SSSR count). The van der Waals surface area contributed by atoms with Gasteiger partial charge in [-0.15, -0.1) is 0 Å². The van der Waals surface area contributed by atoms with E-state index in [2.05, 4.69) is 34.5 Å². The lowest BCUT2D eigenvalue weighted by atomic mass is 10.1. The van der Waals surface area contributed by atoms with Crippen LogP contribution < -0.4 is 5.32 Å². The van der Waals surface area contributed by atoms with Gasteiger partial charge in [-0.2, -0.15) is 0 Å². The molecule has 0 bridgehead atoms. The normalized spacial score (nSPS) is 11.3. The molecule has 0 amide bonds. The minimum Gasteiger partial charge on any atom is -0.344 e. The number of rotatable bonds is 8. The summed E-state index contributed by atoms with van der Waals surface area (Å²) in [6, 6.07) is 27.2. The SMILES string of the molecule is CN(C)S(=O)(=O)c1cccc(NC(=S)N(CCc2ccccc2)Cc2ccccc2)c1. The van der Waals surface area contributed by atoms with Crippen molar-refractivity contribution in [2.24, 2.45) is 0 Å². The molecule has 1 N–H and O–H groups in total. The van der Waals surface area contributed by atoms with Crippen molar-refractivity contribution in [2.75, 3.05) is 26.0 Å². The minimum absolute atomic E-state index is 0.226. The van der Waals surface area contributed by atoms with Crippen molar-refractivity contribution in [2.45, 2.75) is 17.9 Å². The fraction of sp³-hybridized carbons (Fsp3) is 0.208. The van der Waals surface area contributed by atoms with E-state index in [-0.39, 0.29) is 4.90 Å². The van der Waals surface area contributed by atoms with Gasteiger partial charge in [0.15, 0.2) is 5.11 Å². The van der Waals surface area contributed by atoms with Gasteiger partial charge in [-0.05, 0) is 48.0 Å². The first-order chi connectivity index (χ1) is 14.9. The first-order valence-electron chi connectivity index (χ1n) is 10.0. The summed E-state index contributed by atoms with van der Waals surface area (Å²) in [6.07, 6.45) is 0.852. The average molecular weight is 454 g/mol. The Hall–Kier alpha value is -2.74.